The highest BCUT2D eigenvalue weighted by atomic mass is 35.5. The van der Waals surface area contributed by atoms with E-state index in [0.29, 0.717) is 28.6 Å². The number of nitrogens with one attached hydrogen (secondary N) is 1. The van der Waals surface area contributed by atoms with E-state index < -0.39 is 16.8 Å². The van der Waals surface area contributed by atoms with E-state index in [2.05, 4.69) is 5.32 Å². The molecular formula is C16H19Cl2NO3. The van der Waals surface area contributed by atoms with Crippen LogP contribution in [-0.4, -0.2) is 17.0 Å². The van der Waals surface area contributed by atoms with Crippen LogP contribution in [-0.2, 0) is 9.59 Å². The van der Waals surface area contributed by atoms with E-state index in [1.807, 2.05) is 13.8 Å². The van der Waals surface area contributed by atoms with Crippen LogP contribution in [0.15, 0.2) is 18.2 Å². The predicted molar refractivity (Wildman–Crippen MR) is 87.3 cm³/mol. The lowest BCUT2D eigenvalue weighted by atomic mass is 9.65. The first kappa shape index (κ1) is 17.1. The molecule has 2 rings (SSSR count). The fourth-order valence-corrected chi connectivity index (χ4v) is 3.61. The van der Waals surface area contributed by atoms with Crippen LogP contribution in [0.1, 0.15) is 33.6 Å². The Morgan fingerprint density at radius 1 is 1.27 bits per heavy atom. The zero-order valence-electron chi connectivity index (χ0n) is 12.7. The molecule has 1 amide bonds. The summed E-state index contributed by atoms with van der Waals surface area (Å²) >= 11 is 11.9. The molecule has 0 saturated heterocycles. The van der Waals surface area contributed by atoms with Gasteiger partial charge in [0.1, 0.15) is 0 Å². The molecule has 2 N–H and O–H groups in total. The summed E-state index contributed by atoms with van der Waals surface area (Å²) in [5.41, 5.74) is -1.09. The number of hydrogen-bond donors (Lipinski definition) is 2. The Kier molecular flexibility index (Phi) is 4.46. The van der Waals surface area contributed by atoms with E-state index in [9.17, 15) is 14.7 Å². The van der Waals surface area contributed by atoms with Crippen molar-refractivity contribution < 1.29 is 14.7 Å². The van der Waals surface area contributed by atoms with E-state index in [4.69, 9.17) is 23.2 Å². The third kappa shape index (κ3) is 2.70. The van der Waals surface area contributed by atoms with Crippen molar-refractivity contribution in [3.63, 3.8) is 0 Å². The van der Waals surface area contributed by atoms with Crippen molar-refractivity contribution in [1.29, 1.82) is 0 Å². The van der Waals surface area contributed by atoms with Crippen LogP contribution in [0.2, 0.25) is 10.0 Å². The van der Waals surface area contributed by atoms with Gasteiger partial charge in [0.2, 0.25) is 5.91 Å². The number of carbonyl (C=O) groups excluding carboxylic acids is 1. The Morgan fingerprint density at radius 3 is 2.41 bits per heavy atom. The molecule has 1 aliphatic carbocycles. The summed E-state index contributed by atoms with van der Waals surface area (Å²) in [4.78, 5) is 24.2. The molecule has 0 heterocycles. The van der Waals surface area contributed by atoms with Gasteiger partial charge in [-0.25, -0.2) is 0 Å². The minimum Gasteiger partial charge on any atom is -0.481 e. The smallest absolute Gasteiger partial charge is 0.309 e. The van der Waals surface area contributed by atoms with Gasteiger partial charge >= 0.3 is 5.97 Å². The van der Waals surface area contributed by atoms with Crippen LogP contribution in [0.25, 0.3) is 0 Å². The topological polar surface area (TPSA) is 66.4 Å². The van der Waals surface area contributed by atoms with Gasteiger partial charge in [-0.1, -0.05) is 37.0 Å². The van der Waals surface area contributed by atoms with Crippen molar-refractivity contribution >= 4 is 40.8 Å². The van der Waals surface area contributed by atoms with Crippen molar-refractivity contribution in [3.8, 4) is 0 Å². The maximum absolute atomic E-state index is 12.6. The number of aliphatic carboxylic acids is 1. The Bertz CT molecular complexity index is 630. The van der Waals surface area contributed by atoms with Crippen molar-refractivity contribution in [3.05, 3.63) is 28.2 Å². The van der Waals surface area contributed by atoms with Gasteiger partial charge in [-0.05, 0) is 43.4 Å². The first-order valence-corrected chi connectivity index (χ1v) is 7.84. The maximum atomic E-state index is 12.6. The number of halogens is 2. The van der Waals surface area contributed by atoms with E-state index in [-0.39, 0.29) is 11.8 Å². The third-order valence-corrected chi connectivity index (χ3v) is 5.75. The largest absolute Gasteiger partial charge is 0.481 e. The SMILES string of the molecule is CC1(C)[C@H](C(=O)Nc2ccc(Cl)cc2Cl)CC[C@]1(C)C(=O)O. The predicted octanol–water partition coefficient (Wildman–Crippen LogP) is 4.46. The minimum absolute atomic E-state index is 0.209. The van der Waals surface area contributed by atoms with Crippen molar-refractivity contribution in [2.75, 3.05) is 5.32 Å². The molecule has 4 nitrogen and oxygen atoms in total. The number of carboxylic acids is 1. The second kappa shape index (κ2) is 5.74. The zero-order chi connectivity index (χ0) is 16.7. The third-order valence-electron chi connectivity index (χ3n) is 5.20. The van der Waals surface area contributed by atoms with Gasteiger partial charge in [0.05, 0.1) is 16.1 Å². The van der Waals surface area contributed by atoms with E-state index >= 15 is 0 Å². The van der Waals surface area contributed by atoms with Crippen LogP contribution < -0.4 is 5.32 Å². The summed E-state index contributed by atoms with van der Waals surface area (Å²) < 4.78 is 0. The molecule has 6 heteroatoms. The van der Waals surface area contributed by atoms with Gasteiger partial charge in [-0.2, -0.15) is 0 Å². The van der Waals surface area contributed by atoms with E-state index in [1.54, 1.807) is 25.1 Å². The number of amides is 1. The first-order chi connectivity index (χ1) is 10.1. The molecule has 22 heavy (non-hydrogen) atoms. The highest BCUT2D eigenvalue weighted by Crippen LogP contribution is 2.56. The van der Waals surface area contributed by atoms with Crippen LogP contribution in [0, 0.1) is 16.7 Å². The summed E-state index contributed by atoms with van der Waals surface area (Å²) in [5, 5.41) is 13.1. The maximum Gasteiger partial charge on any atom is 0.309 e. The molecule has 0 aliphatic heterocycles. The van der Waals surface area contributed by atoms with E-state index in [1.165, 1.54) is 0 Å². The minimum atomic E-state index is -0.918. The molecule has 1 saturated carbocycles. The molecule has 0 aromatic heterocycles. The van der Waals surface area contributed by atoms with Crippen LogP contribution in [0.5, 0.6) is 0 Å². The summed E-state index contributed by atoms with van der Waals surface area (Å²) in [5.74, 6) is -1.46. The highest BCUT2D eigenvalue weighted by Gasteiger charge is 2.58. The molecule has 0 radical (unpaired) electrons. The Hall–Kier alpha value is -1.26. The van der Waals surface area contributed by atoms with Crippen molar-refractivity contribution in [2.45, 2.75) is 33.6 Å². The van der Waals surface area contributed by atoms with Crippen LogP contribution >= 0.6 is 23.2 Å². The summed E-state index contributed by atoms with van der Waals surface area (Å²) in [6.07, 6.45) is 1.01. The number of benzene rings is 1. The lowest BCUT2D eigenvalue weighted by Gasteiger charge is -2.37. The number of carboxylic acid groups (broad SMARTS) is 1. The Balaban J connectivity index is 2.22. The summed E-state index contributed by atoms with van der Waals surface area (Å²) in [7, 11) is 0. The van der Waals surface area contributed by atoms with Gasteiger partial charge in [-0.3, -0.25) is 9.59 Å². The first-order valence-electron chi connectivity index (χ1n) is 7.09. The van der Waals surface area contributed by atoms with Crippen LogP contribution in [0.4, 0.5) is 5.69 Å². The van der Waals surface area contributed by atoms with Gasteiger partial charge in [0.25, 0.3) is 0 Å². The zero-order valence-corrected chi connectivity index (χ0v) is 14.3. The normalized spacial score (nSPS) is 26.7. The van der Waals surface area contributed by atoms with Gasteiger partial charge in [0.15, 0.2) is 0 Å². The number of anilines is 1. The Labute approximate surface area is 139 Å². The number of carbonyl (C=O) groups is 2. The molecule has 120 valence electrons. The molecule has 1 aromatic rings. The van der Waals surface area contributed by atoms with Gasteiger partial charge < -0.3 is 10.4 Å². The summed E-state index contributed by atoms with van der Waals surface area (Å²) in [6.45, 7) is 5.38. The molecule has 0 unspecified atom stereocenters. The average Bonchev–Trinajstić information content (AvgIpc) is 2.65. The van der Waals surface area contributed by atoms with E-state index in [0.717, 1.165) is 0 Å². The fourth-order valence-electron chi connectivity index (χ4n) is 3.15. The average molecular weight is 344 g/mol. The fraction of sp³-hybridized carbons (Fsp3) is 0.500. The molecule has 1 aliphatic rings. The molecule has 0 bridgehead atoms. The number of rotatable bonds is 3. The molecular weight excluding hydrogens is 325 g/mol. The monoisotopic (exact) mass is 343 g/mol. The van der Waals surface area contributed by atoms with Crippen molar-refractivity contribution in [1.82, 2.24) is 0 Å². The highest BCUT2D eigenvalue weighted by molar-refractivity contribution is 6.36. The molecule has 1 aromatic carbocycles. The van der Waals surface area contributed by atoms with Gasteiger partial charge in [-0.15, -0.1) is 0 Å². The lowest BCUT2D eigenvalue weighted by molar-refractivity contribution is -0.154. The summed E-state index contributed by atoms with van der Waals surface area (Å²) in [6, 6.07) is 4.84. The number of hydrogen-bond acceptors (Lipinski definition) is 2. The molecule has 0 spiro atoms. The second-order valence-electron chi connectivity index (χ2n) is 6.56. The molecule has 1 fully saturated rings. The lowest BCUT2D eigenvalue weighted by Crippen LogP contribution is -2.43. The quantitative estimate of drug-likeness (QED) is 0.851. The molecule has 2 atom stereocenters. The Morgan fingerprint density at radius 2 is 1.91 bits per heavy atom. The second-order valence-corrected chi connectivity index (χ2v) is 7.41. The van der Waals surface area contributed by atoms with Crippen molar-refractivity contribution in [2.24, 2.45) is 16.7 Å². The van der Waals surface area contributed by atoms with Gasteiger partial charge in [0, 0.05) is 10.9 Å². The van der Waals surface area contributed by atoms with Crippen LogP contribution in [0.3, 0.4) is 0 Å². The standard InChI is InChI=1S/C16H19Cl2NO3/c1-15(2)10(6-7-16(15,3)14(21)22)13(20)19-12-5-4-9(17)8-11(12)18/h4-5,8,10H,6-7H2,1-3H3,(H,19,20)(H,21,22)/t10-,16+/m0/s1.